The maximum atomic E-state index is 10.6. The van der Waals surface area contributed by atoms with Crippen LogP contribution in [0.3, 0.4) is 0 Å². The lowest BCUT2D eigenvalue weighted by atomic mass is 9.87. The molecule has 6 heteroatoms. The molecule has 6 nitrogen and oxygen atoms in total. The van der Waals surface area contributed by atoms with Crippen LogP contribution < -0.4 is 4.74 Å². The maximum Gasteiger partial charge on any atom is 0.293 e. The van der Waals surface area contributed by atoms with Crippen molar-refractivity contribution in [1.29, 1.82) is 0 Å². The van der Waals surface area contributed by atoms with Crippen LogP contribution >= 0.6 is 0 Å². The van der Waals surface area contributed by atoms with Gasteiger partial charge in [-0.1, -0.05) is 24.3 Å². The Morgan fingerprint density at radius 1 is 0.905 bits per heavy atom. The van der Waals surface area contributed by atoms with Crippen LogP contribution in [0.2, 0.25) is 0 Å². The molecule has 0 radical (unpaired) electrons. The van der Waals surface area contributed by atoms with Gasteiger partial charge in [0.15, 0.2) is 11.5 Å². The molecule has 110 valence electrons. The molecule has 1 aliphatic rings. The highest BCUT2D eigenvalue weighted by molar-refractivity contribution is 5.49. The topological polar surface area (TPSA) is 110 Å². The molecule has 1 aliphatic heterocycles. The molecule has 0 bridgehead atoms. The number of hydrogen-bond donors (Lipinski definition) is 5. The number of fused-ring (bicyclic) bond motifs is 1. The fourth-order valence-corrected chi connectivity index (χ4v) is 2.45. The first kappa shape index (κ1) is 13.7. The van der Waals surface area contributed by atoms with Crippen molar-refractivity contribution in [3.63, 3.8) is 0 Å². The van der Waals surface area contributed by atoms with Crippen molar-refractivity contribution in [3.05, 3.63) is 53.6 Å². The van der Waals surface area contributed by atoms with Gasteiger partial charge in [-0.3, -0.25) is 0 Å². The number of benzene rings is 2. The molecule has 0 aromatic heterocycles. The summed E-state index contributed by atoms with van der Waals surface area (Å²) in [5.74, 6) is -6.19. The van der Waals surface area contributed by atoms with Gasteiger partial charge in [0.1, 0.15) is 5.75 Å². The Morgan fingerprint density at radius 2 is 1.62 bits per heavy atom. The van der Waals surface area contributed by atoms with E-state index >= 15 is 0 Å². The highest BCUT2D eigenvalue weighted by Crippen LogP contribution is 2.47. The van der Waals surface area contributed by atoms with E-state index in [-0.39, 0.29) is 17.7 Å². The molecule has 0 aliphatic carbocycles. The fourth-order valence-electron chi connectivity index (χ4n) is 2.45. The number of phenolic OH excluding ortho intramolecular Hbond substituents is 2. The number of hydrogen-bond acceptors (Lipinski definition) is 6. The minimum absolute atomic E-state index is 0.265. The summed E-state index contributed by atoms with van der Waals surface area (Å²) in [7, 11) is 0. The molecule has 5 N–H and O–H groups in total. The summed E-state index contributed by atoms with van der Waals surface area (Å²) in [5.41, 5.74) is 0.175. The van der Waals surface area contributed by atoms with Crippen molar-refractivity contribution in [2.75, 3.05) is 0 Å². The third-order valence-electron chi connectivity index (χ3n) is 3.59. The van der Waals surface area contributed by atoms with Gasteiger partial charge in [0.2, 0.25) is 5.79 Å². The molecule has 2 aromatic carbocycles. The summed E-state index contributed by atoms with van der Waals surface area (Å²) in [5, 5.41) is 50.4. The summed E-state index contributed by atoms with van der Waals surface area (Å²) in [6, 6.07) is 10.4. The first-order valence-corrected chi connectivity index (χ1v) is 6.30. The standard InChI is InChI=1S/C15H14O6/c16-11-6-3-5-10(13(11)17)15(20)14(18,19)8-9-4-1-2-7-12(9)21-15/h1-7,16-20H,8H2. The minimum Gasteiger partial charge on any atom is -0.504 e. The first-order valence-electron chi connectivity index (χ1n) is 6.30. The SMILES string of the molecule is Oc1cccc(C2(O)Oc3ccccc3CC2(O)O)c1O. The van der Waals surface area contributed by atoms with Crippen LogP contribution in [-0.2, 0) is 12.2 Å². The van der Waals surface area contributed by atoms with Gasteiger partial charge in [0.05, 0.1) is 5.56 Å². The van der Waals surface area contributed by atoms with E-state index in [1.165, 1.54) is 18.2 Å². The van der Waals surface area contributed by atoms with Crippen LogP contribution in [0.25, 0.3) is 0 Å². The van der Waals surface area contributed by atoms with Gasteiger partial charge in [0.25, 0.3) is 5.79 Å². The zero-order valence-electron chi connectivity index (χ0n) is 10.9. The number of phenols is 2. The Morgan fingerprint density at radius 3 is 2.38 bits per heavy atom. The molecule has 1 atom stereocenters. The summed E-state index contributed by atoms with van der Waals surface area (Å²) in [6.45, 7) is 0. The van der Waals surface area contributed by atoms with Gasteiger partial charge in [0, 0.05) is 6.42 Å². The molecule has 0 spiro atoms. The Kier molecular flexibility index (Phi) is 2.84. The fraction of sp³-hybridized carbons (Fsp3) is 0.200. The number of rotatable bonds is 1. The Balaban J connectivity index is 2.18. The monoisotopic (exact) mass is 290 g/mol. The summed E-state index contributed by atoms with van der Waals surface area (Å²) in [4.78, 5) is 0. The molecule has 1 unspecified atom stereocenters. The van der Waals surface area contributed by atoms with Crippen LogP contribution in [0.15, 0.2) is 42.5 Å². The van der Waals surface area contributed by atoms with Gasteiger partial charge in [-0.15, -0.1) is 0 Å². The molecule has 2 aromatic rings. The smallest absolute Gasteiger partial charge is 0.293 e. The third-order valence-corrected chi connectivity index (χ3v) is 3.59. The van der Waals surface area contributed by atoms with Gasteiger partial charge in [-0.05, 0) is 23.8 Å². The Labute approximate surface area is 120 Å². The summed E-state index contributed by atoms with van der Waals surface area (Å²) in [6.07, 6.45) is -0.297. The Hall–Kier alpha value is -2.28. The van der Waals surface area contributed by atoms with E-state index in [9.17, 15) is 25.5 Å². The van der Waals surface area contributed by atoms with Crippen molar-refractivity contribution in [2.24, 2.45) is 0 Å². The summed E-state index contributed by atoms with van der Waals surface area (Å²) < 4.78 is 5.34. The first-order chi connectivity index (χ1) is 9.85. The number of para-hydroxylation sites is 2. The van der Waals surface area contributed by atoms with E-state index in [2.05, 4.69) is 0 Å². The van der Waals surface area contributed by atoms with Crippen LogP contribution in [0.4, 0.5) is 0 Å². The quantitative estimate of drug-likeness (QED) is 0.388. The molecule has 1 heterocycles. The zero-order chi connectivity index (χ0) is 15.3. The van der Waals surface area contributed by atoms with Crippen LogP contribution in [0, 0.1) is 0 Å². The van der Waals surface area contributed by atoms with Crippen LogP contribution in [-0.4, -0.2) is 31.3 Å². The third kappa shape index (κ3) is 1.92. The highest BCUT2D eigenvalue weighted by atomic mass is 16.7. The van der Waals surface area contributed by atoms with Crippen molar-refractivity contribution in [3.8, 4) is 17.2 Å². The average Bonchev–Trinajstić information content (AvgIpc) is 2.42. The zero-order valence-corrected chi connectivity index (χ0v) is 10.9. The lowest BCUT2D eigenvalue weighted by Gasteiger charge is -2.43. The van der Waals surface area contributed by atoms with Crippen molar-refractivity contribution < 1.29 is 30.3 Å². The molecule has 0 saturated heterocycles. The van der Waals surface area contributed by atoms with E-state index in [1.54, 1.807) is 24.3 Å². The van der Waals surface area contributed by atoms with Gasteiger partial charge in [-0.25, -0.2) is 0 Å². The van der Waals surface area contributed by atoms with E-state index < -0.39 is 23.1 Å². The minimum atomic E-state index is -2.67. The van der Waals surface area contributed by atoms with Gasteiger partial charge >= 0.3 is 0 Å². The average molecular weight is 290 g/mol. The molecule has 0 saturated carbocycles. The lowest BCUT2D eigenvalue weighted by Crippen LogP contribution is -2.59. The lowest BCUT2D eigenvalue weighted by molar-refractivity contribution is -0.359. The number of ether oxygens (including phenoxy) is 1. The Bertz CT molecular complexity index is 696. The predicted molar refractivity (Wildman–Crippen MR) is 71.6 cm³/mol. The van der Waals surface area contributed by atoms with Crippen molar-refractivity contribution >= 4 is 0 Å². The predicted octanol–water partition coefficient (Wildman–Crippen LogP) is 0.559. The van der Waals surface area contributed by atoms with Gasteiger partial charge in [-0.2, -0.15) is 0 Å². The molecule has 21 heavy (non-hydrogen) atoms. The summed E-state index contributed by atoms with van der Waals surface area (Å²) >= 11 is 0. The highest BCUT2D eigenvalue weighted by Gasteiger charge is 2.57. The second-order valence-corrected chi connectivity index (χ2v) is 5.02. The molecular weight excluding hydrogens is 276 g/mol. The van der Waals surface area contributed by atoms with Crippen LogP contribution in [0.1, 0.15) is 11.1 Å². The van der Waals surface area contributed by atoms with E-state index in [4.69, 9.17) is 4.74 Å². The van der Waals surface area contributed by atoms with Gasteiger partial charge < -0.3 is 30.3 Å². The largest absolute Gasteiger partial charge is 0.504 e. The molecule has 3 rings (SSSR count). The van der Waals surface area contributed by atoms with Crippen molar-refractivity contribution in [2.45, 2.75) is 18.0 Å². The van der Waals surface area contributed by atoms with E-state index in [0.717, 1.165) is 0 Å². The number of aliphatic hydroxyl groups is 3. The molecule has 0 fully saturated rings. The molecular formula is C15H14O6. The van der Waals surface area contributed by atoms with E-state index in [1.807, 2.05) is 0 Å². The maximum absolute atomic E-state index is 10.6. The number of aromatic hydroxyl groups is 2. The van der Waals surface area contributed by atoms with Crippen molar-refractivity contribution in [1.82, 2.24) is 0 Å². The van der Waals surface area contributed by atoms with Crippen LogP contribution in [0.5, 0.6) is 17.2 Å². The van der Waals surface area contributed by atoms with E-state index in [0.29, 0.717) is 5.56 Å². The normalized spacial score (nSPS) is 23.2. The second kappa shape index (κ2) is 4.36. The second-order valence-electron chi connectivity index (χ2n) is 5.02. The molecule has 0 amide bonds.